The third-order valence-electron chi connectivity index (χ3n) is 5.59. The van der Waals surface area contributed by atoms with Crippen molar-refractivity contribution in [1.82, 2.24) is 4.98 Å². The average Bonchev–Trinajstić information content (AvgIpc) is 2.79. The van der Waals surface area contributed by atoms with Crippen molar-refractivity contribution in [3.05, 3.63) is 126 Å². The number of pyridine rings is 1. The van der Waals surface area contributed by atoms with Gasteiger partial charge in [0, 0.05) is 17.5 Å². The van der Waals surface area contributed by atoms with Gasteiger partial charge in [0.25, 0.3) is 0 Å². The van der Waals surface area contributed by atoms with Gasteiger partial charge < -0.3 is 5.11 Å². The highest BCUT2D eigenvalue weighted by Gasteiger charge is 2.26. The van der Waals surface area contributed by atoms with Crippen LogP contribution in [-0.2, 0) is 0 Å². The zero-order valence-corrected chi connectivity index (χ0v) is 15.9. The highest BCUT2D eigenvalue weighted by Crippen LogP contribution is 2.39. The smallest absolute Gasteiger partial charge is 0.0905 e. The van der Waals surface area contributed by atoms with E-state index in [2.05, 4.69) is 47.4 Å². The first-order chi connectivity index (χ1) is 14.3. The summed E-state index contributed by atoms with van der Waals surface area (Å²) in [4.78, 5) is 4.65. The van der Waals surface area contributed by atoms with Crippen molar-refractivity contribution in [2.24, 2.45) is 0 Å². The minimum absolute atomic E-state index is 0.209. The maximum absolute atomic E-state index is 11.6. The molecule has 0 saturated carbocycles. The van der Waals surface area contributed by atoms with Gasteiger partial charge >= 0.3 is 0 Å². The Morgan fingerprint density at radius 3 is 2.17 bits per heavy atom. The summed E-state index contributed by atoms with van der Waals surface area (Å²) in [6.07, 6.45) is 1.21. The van der Waals surface area contributed by atoms with Crippen molar-refractivity contribution in [1.29, 1.82) is 0 Å². The van der Waals surface area contributed by atoms with E-state index in [0.29, 0.717) is 0 Å². The van der Waals surface area contributed by atoms with Crippen LogP contribution in [-0.4, -0.2) is 10.1 Å². The second-order valence-corrected chi connectivity index (χ2v) is 7.36. The molecule has 0 amide bonds. The number of benzene rings is 4. The van der Waals surface area contributed by atoms with Crippen molar-refractivity contribution < 1.29 is 5.11 Å². The molecule has 4 aromatic carbocycles. The molecule has 5 rings (SSSR count). The molecule has 0 bridgehead atoms. The molecule has 5 aromatic rings. The van der Waals surface area contributed by atoms with Gasteiger partial charge in [-0.05, 0) is 39.6 Å². The van der Waals surface area contributed by atoms with E-state index in [0.717, 1.165) is 38.4 Å². The summed E-state index contributed by atoms with van der Waals surface area (Å²) in [7, 11) is 0. The number of aliphatic hydroxyl groups is 1. The maximum atomic E-state index is 11.6. The molecule has 0 aliphatic rings. The van der Waals surface area contributed by atoms with Crippen LogP contribution in [0.1, 0.15) is 28.7 Å². The normalized spacial score (nSPS) is 13.4. The van der Waals surface area contributed by atoms with Gasteiger partial charge in [0.05, 0.1) is 11.6 Å². The Morgan fingerprint density at radius 2 is 1.31 bits per heavy atom. The Labute approximate surface area is 170 Å². The molecule has 0 fully saturated rings. The summed E-state index contributed by atoms with van der Waals surface area (Å²) < 4.78 is 0. The van der Waals surface area contributed by atoms with Crippen LogP contribution in [0.15, 0.2) is 109 Å². The van der Waals surface area contributed by atoms with E-state index in [-0.39, 0.29) is 5.92 Å². The standard InChI is InChI=1S/C27H21NO/c29-27(24-15-8-13-19-9-4-6-14-23(19)24)26(20-10-2-1-3-11-20)22-17-21-12-5-7-16-25(21)28-18-22/h1-18,26-27,29H. The zero-order chi connectivity index (χ0) is 19.6. The van der Waals surface area contributed by atoms with Crippen molar-refractivity contribution in [2.45, 2.75) is 12.0 Å². The fourth-order valence-electron chi connectivity index (χ4n) is 4.16. The molecule has 2 nitrogen and oxygen atoms in total. The predicted molar refractivity (Wildman–Crippen MR) is 119 cm³/mol. The lowest BCUT2D eigenvalue weighted by molar-refractivity contribution is 0.160. The third kappa shape index (κ3) is 3.28. The van der Waals surface area contributed by atoms with Gasteiger partial charge in [-0.2, -0.15) is 0 Å². The summed E-state index contributed by atoms with van der Waals surface area (Å²) in [6.45, 7) is 0. The first kappa shape index (κ1) is 17.6. The zero-order valence-electron chi connectivity index (χ0n) is 15.9. The highest BCUT2D eigenvalue weighted by molar-refractivity contribution is 5.86. The highest BCUT2D eigenvalue weighted by atomic mass is 16.3. The molecular formula is C27H21NO. The number of aromatic nitrogens is 1. The lowest BCUT2D eigenvalue weighted by Gasteiger charge is -2.25. The minimum Gasteiger partial charge on any atom is -0.387 e. The number of aliphatic hydroxyl groups excluding tert-OH is 1. The number of hydrogen-bond acceptors (Lipinski definition) is 2. The Morgan fingerprint density at radius 1 is 0.621 bits per heavy atom. The van der Waals surface area contributed by atoms with Crippen LogP contribution in [0.25, 0.3) is 21.7 Å². The largest absolute Gasteiger partial charge is 0.387 e. The molecule has 140 valence electrons. The lowest BCUT2D eigenvalue weighted by atomic mass is 9.82. The average molecular weight is 375 g/mol. The molecule has 0 radical (unpaired) electrons. The number of fused-ring (bicyclic) bond motifs is 2. The maximum Gasteiger partial charge on any atom is 0.0905 e. The fourth-order valence-corrected chi connectivity index (χ4v) is 4.16. The van der Waals surface area contributed by atoms with Gasteiger partial charge in [-0.3, -0.25) is 4.98 Å². The number of para-hydroxylation sites is 1. The molecule has 1 aromatic heterocycles. The van der Waals surface area contributed by atoms with Gasteiger partial charge in [-0.15, -0.1) is 0 Å². The Kier molecular flexibility index (Phi) is 4.55. The van der Waals surface area contributed by atoms with Crippen LogP contribution in [0.4, 0.5) is 0 Å². The van der Waals surface area contributed by atoms with Crippen LogP contribution < -0.4 is 0 Å². The van der Waals surface area contributed by atoms with Crippen LogP contribution in [0.2, 0.25) is 0 Å². The minimum atomic E-state index is -0.688. The molecule has 0 spiro atoms. The first-order valence-electron chi connectivity index (χ1n) is 9.86. The molecular weight excluding hydrogens is 354 g/mol. The molecule has 0 aliphatic heterocycles. The molecule has 1 heterocycles. The fraction of sp³-hybridized carbons (Fsp3) is 0.0741. The van der Waals surface area contributed by atoms with Crippen molar-refractivity contribution >= 4 is 21.7 Å². The number of nitrogens with zero attached hydrogens (tertiary/aromatic N) is 1. The summed E-state index contributed by atoms with van der Waals surface area (Å²) >= 11 is 0. The summed E-state index contributed by atoms with van der Waals surface area (Å²) in [6, 6.07) is 34.8. The van der Waals surface area contributed by atoms with Crippen LogP contribution in [0, 0.1) is 0 Å². The molecule has 0 aliphatic carbocycles. The molecule has 2 heteroatoms. The van der Waals surface area contributed by atoms with Crippen LogP contribution in [0.3, 0.4) is 0 Å². The van der Waals surface area contributed by atoms with Gasteiger partial charge in [0.1, 0.15) is 0 Å². The van der Waals surface area contributed by atoms with Crippen molar-refractivity contribution in [2.75, 3.05) is 0 Å². The number of hydrogen-bond donors (Lipinski definition) is 1. The monoisotopic (exact) mass is 375 g/mol. The van der Waals surface area contributed by atoms with Gasteiger partial charge in [0.2, 0.25) is 0 Å². The van der Waals surface area contributed by atoms with E-state index in [1.165, 1.54) is 0 Å². The van der Waals surface area contributed by atoms with Crippen LogP contribution in [0.5, 0.6) is 0 Å². The van der Waals surface area contributed by atoms with Crippen molar-refractivity contribution in [3.63, 3.8) is 0 Å². The van der Waals surface area contributed by atoms with Gasteiger partial charge in [-0.25, -0.2) is 0 Å². The Hall–Kier alpha value is -3.49. The second kappa shape index (κ2) is 7.50. The molecule has 1 N–H and O–H groups in total. The second-order valence-electron chi connectivity index (χ2n) is 7.36. The Bertz CT molecular complexity index is 1270. The summed E-state index contributed by atoms with van der Waals surface area (Å²) in [5.74, 6) is -0.209. The first-order valence-corrected chi connectivity index (χ1v) is 9.86. The van der Waals surface area contributed by atoms with E-state index in [1.54, 1.807) is 0 Å². The van der Waals surface area contributed by atoms with Gasteiger partial charge in [0.15, 0.2) is 0 Å². The van der Waals surface area contributed by atoms with Crippen LogP contribution >= 0.6 is 0 Å². The molecule has 29 heavy (non-hydrogen) atoms. The quantitative estimate of drug-likeness (QED) is 0.402. The van der Waals surface area contributed by atoms with Crippen molar-refractivity contribution in [3.8, 4) is 0 Å². The van der Waals surface area contributed by atoms with E-state index < -0.39 is 6.10 Å². The summed E-state index contributed by atoms with van der Waals surface area (Å²) in [5.41, 5.74) is 3.98. The van der Waals surface area contributed by atoms with E-state index in [1.807, 2.05) is 66.9 Å². The third-order valence-corrected chi connectivity index (χ3v) is 5.59. The summed E-state index contributed by atoms with van der Waals surface area (Å²) in [5, 5.41) is 14.9. The van der Waals surface area contributed by atoms with E-state index >= 15 is 0 Å². The molecule has 2 unspecified atom stereocenters. The molecule has 2 atom stereocenters. The van der Waals surface area contributed by atoms with E-state index in [9.17, 15) is 5.11 Å². The van der Waals surface area contributed by atoms with E-state index in [4.69, 9.17) is 0 Å². The Balaban J connectivity index is 1.69. The SMILES string of the molecule is OC(c1cccc2ccccc12)C(c1ccccc1)c1cnc2ccccc2c1. The topological polar surface area (TPSA) is 33.1 Å². The lowest BCUT2D eigenvalue weighted by Crippen LogP contribution is -2.13. The number of rotatable bonds is 4. The predicted octanol–water partition coefficient (Wildman–Crippen LogP) is 6.25. The van der Waals surface area contributed by atoms with Gasteiger partial charge in [-0.1, -0.05) is 91.0 Å². The molecule has 0 saturated heterocycles.